The van der Waals surface area contributed by atoms with Crippen LogP contribution in [0.25, 0.3) is 11.0 Å². The van der Waals surface area contributed by atoms with Gasteiger partial charge < -0.3 is 9.80 Å². The van der Waals surface area contributed by atoms with E-state index in [1.807, 2.05) is 27.7 Å². The van der Waals surface area contributed by atoms with Gasteiger partial charge in [0.15, 0.2) is 5.65 Å². The molecule has 1 aliphatic rings. The minimum Gasteiger partial charge on any atom is -0.339 e. The molecule has 2 aromatic heterocycles. The fourth-order valence-corrected chi connectivity index (χ4v) is 3.74. The number of nitrogens with one attached hydrogen (secondary N) is 1. The molecule has 1 fully saturated rings. The Morgan fingerprint density at radius 3 is 2.30 bits per heavy atom. The summed E-state index contributed by atoms with van der Waals surface area (Å²) in [6.07, 6.45) is 1.12. The molecular formula is C21H29N5O4. The largest absolute Gasteiger partial charge is 0.339 e. The monoisotopic (exact) mass is 415 g/mol. The Balaban J connectivity index is 2.10. The second-order valence-electron chi connectivity index (χ2n) is 7.89. The summed E-state index contributed by atoms with van der Waals surface area (Å²) in [6.45, 7) is 9.78. The topological polar surface area (TPSA) is 108 Å². The third-order valence-corrected chi connectivity index (χ3v) is 5.46. The number of carbonyl (C=O) groups excluding carboxylic acids is 2. The highest BCUT2D eigenvalue weighted by Gasteiger charge is 2.27. The molecular weight excluding hydrogens is 386 g/mol. The van der Waals surface area contributed by atoms with E-state index in [0.717, 1.165) is 0 Å². The van der Waals surface area contributed by atoms with Crippen LogP contribution in [0.3, 0.4) is 0 Å². The van der Waals surface area contributed by atoms with Crippen molar-refractivity contribution in [3.63, 3.8) is 0 Å². The predicted molar refractivity (Wildman–Crippen MR) is 114 cm³/mol. The first-order valence-electron chi connectivity index (χ1n) is 10.5. The highest BCUT2D eigenvalue weighted by molar-refractivity contribution is 6.05. The normalized spacial score (nSPS) is 14.6. The molecule has 0 spiro atoms. The van der Waals surface area contributed by atoms with E-state index in [0.29, 0.717) is 51.3 Å². The molecule has 0 atom stereocenters. The number of aromatic nitrogens is 3. The molecule has 3 heterocycles. The first-order chi connectivity index (χ1) is 14.3. The summed E-state index contributed by atoms with van der Waals surface area (Å²) in [5.41, 5.74) is 0.0340. The molecule has 0 radical (unpaired) electrons. The third-order valence-electron chi connectivity index (χ3n) is 5.46. The Morgan fingerprint density at radius 1 is 1.10 bits per heavy atom. The van der Waals surface area contributed by atoms with E-state index in [9.17, 15) is 19.2 Å². The van der Waals surface area contributed by atoms with Gasteiger partial charge in [-0.15, -0.1) is 0 Å². The first-order valence-corrected chi connectivity index (χ1v) is 10.5. The van der Waals surface area contributed by atoms with Gasteiger partial charge in [-0.25, -0.2) is 9.78 Å². The van der Waals surface area contributed by atoms with Crippen LogP contribution >= 0.6 is 0 Å². The maximum Gasteiger partial charge on any atom is 0.329 e. The lowest BCUT2D eigenvalue weighted by Gasteiger charge is -2.35. The van der Waals surface area contributed by atoms with Gasteiger partial charge in [-0.1, -0.05) is 27.7 Å². The molecule has 0 bridgehead atoms. The van der Waals surface area contributed by atoms with Gasteiger partial charge in [0.1, 0.15) is 0 Å². The zero-order valence-electron chi connectivity index (χ0n) is 18.0. The van der Waals surface area contributed by atoms with E-state index in [-0.39, 0.29) is 34.3 Å². The summed E-state index contributed by atoms with van der Waals surface area (Å²) in [5.74, 6) is -0.192. The quantitative estimate of drug-likeness (QED) is 0.792. The Kier molecular flexibility index (Phi) is 6.38. The number of pyridine rings is 1. The number of hydrogen-bond acceptors (Lipinski definition) is 5. The number of H-pyrrole nitrogens is 1. The standard InChI is InChI=1S/C21H29N5O4/c1-5-7-26-18-17(19(28)23-21(26)30)14(12-15(22-18)13(3)4)20(29)25-10-8-24(9-11-25)16(27)6-2/h12-13H,5-11H2,1-4H3,(H,23,28,30). The maximum absolute atomic E-state index is 13.4. The molecule has 9 nitrogen and oxygen atoms in total. The van der Waals surface area contributed by atoms with E-state index in [1.165, 1.54) is 4.57 Å². The number of fused-ring (bicyclic) bond motifs is 1. The molecule has 0 aromatic carbocycles. The summed E-state index contributed by atoms with van der Waals surface area (Å²) in [6, 6.07) is 1.66. The second-order valence-corrected chi connectivity index (χ2v) is 7.89. The molecule has 3 rings (SSSR count). The summed E-state index contributed by atoms with van der Waals surface area (Å²) >= 11 is 0. The van der Waals surface area contributed by atoms with E-state index < -0.39 is 11.2 Å². The van der Waals surface area contributed by atoms with Crippen LogP contribution in [0.2, 0.25) is 0 Å². The highest BCUT2D eigenvalue weighted by Crippen LogP contribution is 2.22. The Labute approximate surface area is 174 Å². The SMILES string of the molecule is CCCn1c(=O)[nH]c(=O)c2c(C(=O)N3CCN(C(=O)CC)CC3)cc(C(C)C)nc21. The number of rotatable bonds is 5. The van der Waals surface area contributed by atoms with Crippen molar-refractivity contribution in [2.45, 2.75) is 53.0 Å². The molecule has 0 saturated carbocycles. The van der Waals surface area contributed by atoms with Crippen LogP contribution in [0.1, 0.15) is 62.5 Å². The van der Waals surface area contributed by atoms with Crippen molar-refractivity contribution in [2.75, 3.05) is 26.2 Å². The molecule has 30 heavy (non-hydrogen) atoms. The zero-order chi connectivity index (χ0) is 22.0. The van der Waals surface area contributed by atoms with E-state index >= 15 is 0 Å². The Bertz CT molecular complexity index is 1080. The lowest BCUT2D eigenvalue weighted by molar-refractivity contribution is -0.132. The van der Waals surface area contributed by atoms with Gasteiger partial charge in [-0.3, -0.25) is 23.9 Å². The van der Waals surface area contributed by atoms with Crippen molar-refractivity contribution >= 4 is 22.8 Å². The van der Waals surface area contributed by atoms with Crippen LogP contribution in [-0.4, -0.2) is 62.3 Å². The van der Waals surface area contributed by atoms with Gasteiger partial charge in [-0.05, 0) is 18.4 Å². The number of piperazine rings is 1. The van der Waals surface area contributed by atoms with Crippen LogP contribution in [-0.2, 0) is 11.3 Å². The maximum atomic E-state index is 13.4. The lowest BCUT2D eigenvalue weighted by atomic mass is 10.0. The zero-order valence-corrected chi connectivity index (χ0v) is 18.0. The van der Waals surface area contributed by atoms with Crippen LogP contribution in [0.4, 0.5) is 0 Å². The number of amides is 2. The van der Waals surface area contributed by atoms with Gasteiger partial charge in [0, 0.05) is 44.8 Å². The van der Waals surface area contributed by atoms with E-state index in [4.69, 9.17) is 0 Å². The number of aromatic amines is 1. The lowest BCUT2D eigenvalue weighted by Crippen LogP contribution is -2.50. The summed E-state index contributed by atoms with van der Waals surface area (Å²) in [7, 11) is 0. The molecule has 1 saturated heterocycles. The van der Waals surface area contributed by atoms with E-state index in [2.05, 4.69) is 9.97 Å². The first kappa shape index (κ1) is 21.7. The minimum absolute atomic E-state index is 0.0180. The molecule has 1 aliphatic heterocycles. The number of aryl methyl sites for hydroxylation is 1. The van der Waals surface area contributed by atoms with Crippen LogP contribution in [0.15, 0.2) is 15.7 Å². The van der Waals surface area contributed by atoms with Crippen molar-refractivity contribution in [2.24, 2.45) is 0 Å². The van der Waals surface area contributed by atoms with Gasteiger partial charge in [0.25, 0.3) is 11.5 Å². The molecule has 2 amide bonds. The molecule has 1 N–H and O–H groups in total. The van der Waals surface area contributed by atoms with Gasteiger partial charge >= 0.3 is 5.69 Å². The fraction of sp³-hybridized carbons (Fsp3) is 0.571. The predicted octanol–water partition coefficient (Wildman–Crippen LogP) is 1.31. The van der Waals surface area contributed by atoms with Gasteiger partial charge in [0.05, 0.1) is 10.9 Å². The third kappa shape index (κ3) is 4.01. The van der Waals surface area contributed by atoms with Crippen molar-refractivity contribution in [3.05, 3.63) is 38.2 Å². The van der Waals surface area contributed by atoms with Crippen molar-refractivity contribution in [3.8, 4) is 0 Å². The van der Waals surface area contributed by atoms with Crippen LogP contribution in [0, 0.1) is 0 Å². The Morgan fingerprint density at radius 2 is 1.73 bits per heavy atom. The molecule has 9 heteroatoms. The van der Waals surface area contributed by atoms with Gasteiger partial charge in [0.2, 0.25) is 5.91 Å². The summed E-state index contributed by atoms with van der Waals surface area (Å²) in [5, 5.41) is 0.143. The molecule has 162 valence electrons. The average Bonchev–Trinajstić information content (AvgIpc) is 2.74. The molecule has 0 unspecified atom stereocenters. The Hall–Kier alpha value is -2.97. The minimum atomic E-state index is -0.603. The number of carbonyl (C=O) groups is 2. The molecule has 2 aromatic rings. The summed E-state index contributed by atoms with van der Waals surface area (Å²) < 4.78 is 1.43. The van der Waals surface area contributed by atoms with Crippen molar-refractivity contribution < 1.29 is 9.59 Å². The van der Waals surface area contributed by atoms with Crippen LogP contribution in [0.5, 0.6) is 0 Å². The smallest absolute Gasteiger partial charge is 0.329 e. The van der Waals surface area contributed by atoms with Crippen LogP contribution < -0.4 is 11.2 Å². The average molecular weight is 415 g/mol. The highest BCUT2D eigenvalue weighted by atomic mass is 16.2. The van der Waals surface area contributed by atoms with Crippen molar-refractivity contribution in [1.29, 1.82) is 0 Å². The number of hydrogen-bond donors (Lipinski definition) is 1. The number of nitrogens with zero attached hydrogens (tertiary/aromatic N) is 4. The van der Waals surface area contributed by atoms with Crippen molar-refractivity contribution in [1.82, 2.24) is 24.3 Å². The van der Waals surface area contributed by atoms with Gasteiger partial charge in [-0.2, -0.15) is 0 Å². The second kappa shape index (κ2) is 8.81. The fourth-order valence-electron chi connectivity index (χ4n) is 3.74. The van der Waals surface area contributed by atoms with E-state index in [1.54, 1.807) is 15.9 Å². The molecule has 0 aliphatic carbocycles. The summed E-state index contributed by atoms with van der Waals surface area (Å²) in [4.78, 5) is 60.7.